The van der Waals surface area contributed by atoms with Crippen LogP contribution in [0.25, 0.3) is 6.08 Å². The van der Waals surface area contributed by atoms with Crippen LogP contribution in [0, 0.1) is 39.0 Å². The van der Waals surface area contributed by atoms with Crippen molar-refractivity contribution in [3.8, 4) is 11.8 Å². The van der Waals surface area contributed by atoms with Gasteiger partial charge in [-0.05, 0) is 118 Å². The number of nitrogens with one attached hydrogen (secondary N) is 2. The van der Waals surface area contributed by atoms with E-state index in [1.807, 2.05) is 70.2 Å². The molecule has 0 saturated carbocycles. The molecular weight excluding hydrogens is 586 g/mol. The summed E-state index contributed by atoms with van der Waals surface area (Å²) in [4.78, 5) is 25.1. The van der Waals surface area contributed by atoms with Gasteiger partial charge in [0.25, 0.3) is 11.8 Å². The number of nitrogens with zero attached hydrogens (tertiary/aromatic N) is 1. The topological polar surface area (TPSA) is 91.2 Å². The van der Waals surface area contributed by atoms with Crippen molar-refractivity contribution in [1.82, 2.24) is 0 Å². The molecule has 0 aliphatic carbocycles. The summed E-state index contributed by atoms with van der Waals surface area (Å²) in [6, 6.07) is 16.7. The molecule has 0 saturated heterocycles. The van der Waals surface area contributed by atoms with Crippen LogP contribution >= 0.6 is 31.9 Å². The minimum atomic E-state index is -0.500. The maximum atomic E-state index is 12.7. The molecule has 8 heteroatoms. The van der Waals surface area contributed by atoms with Crippen LogP contribution < -0.4 is 15.4 Å². The highest BCUT2D eigenvalue weighted by Gasteiger charge is 2.14. The Balaban J connectivity index is 1.70. The summed E-state index contributed by atoms with van der Waals surface area (Å²) in [7, 11) is 0. The standard InChI is InChI=1S/C28H25Br2N3O3/c1-16-5-8-25(19(4)9-16)33-28(35)21(14-31)11-20-12-23(29)27(24(30)13-20)36-15-26(34)32-22-7-6-17(2)18(3)10-22/h5-13H,15H2,1-4H3,(H,32,34)(H,33,35)/b21-11+. The molecule has 3 rings (SSSR count). The van der Waals surface area contributed by atoms with Crippen LogP contribution in [0.3, 0.4) is 0 Å². The van der Waals surface area contributed by atoms with E-state index >= 15 is 0 Å². The van der Waals surface area contributed by atoms with Gasteiger partial charge in [0.2, 0.25) is 0 Å². The Morgan fingerprint density at radius 2 is 1.61 bits per heavy atom. The van der Waals surface area contributed by atoms with Crippen LogP contribution in [0.2, 0.25) is 0 Å². The van der Waals surface area contributed by atoms with Crippen LogP contribution in [-0.2, 0) is 9.59 Å². The predicted octanol–water partition coefficient (Wildman–Crippen LogP) is 7.01. The summed E-state index contributed by atoms with van der Waals surface area (Å²) in [5.74, 6) is -0.364. The second kappa shape index (κ2) is 12.0. The number of hydrogen-bond acceptors (Lipinski definition) is 4. The molecule has 3 aromatic rings. The van der Waals surface area contributed by atoms with Crippen molar-refractivity contribution in [3.05, 3.63) is 90.9 Å². The lowest BCUT2D eigenvalue weighted by Gasteiger charge is -2.12. The van der Waals surface area contributed by atoms with Crippen LogP contribution in [0.1, 0.15) is 27.8 Å². The van der Waals surface area contributed by atoms with Gasteiger partial charge in [0.05, 0.1) is 8.95 Å². The lowest BCUT2D eigenvalue weighted by atomic mass is 10.1. The largest absolute Gasteiger partial charge is 0.481 e. The highest BCUT2D eigenvalue weighted by Crippen LogP contribution is 2.35. The molecule has 0 aliphatic heterocycles. The van der Waals surface area contributed by atoms with E-state index in [4.69, 9.17) is 4.74 Å². The van der Waals surface area contributed by atoms with Gasteiger partial charge < -0.3 is 15.4 Å². The highest BCUT2D eigenvalue weighted by molar-refractivity contribution is 9.11. The highest BCUT2D eigenvalue weighted by atomic mass is 79.9. The van der Waals surface area contributed by atoms with Gasteiger partial charge in [-0.15, -0.1) is 0 Å². The molecule has 184 valence electrons. The van der Waals surface area contributed by atoms with E-state index < -0.39 is 5.91 Å². The van der Waals surface area contributed by atoms with Gasteiger partial charge in [0.1, 0.15) is 17.4 Å². The number of rotatable bonds is 7. The summed E-state index contributed by atoms with van der Waals surface area (Å²) in [5.41, 5.74) is 6.14. The van der Waals surface area contributed by atoms with Crippen molar-refractivity contribution in [2.75, 3.05) is 17.2 Å². The Morgan fingerprint density at radius 3 is 2.22 bits per heavy atom. The van der Waals surface area contributed by atoms with Gasteiger partial charge in [-0.25, -0.2) is 0 Å². The fourth-order valence-electron chi connectivity index (χ4n) is 3.41. The molecule has 0 atom stereocenters. The van der Waals surface area contributed by atoms with Crippen molar-refractivity contribution >= 4 is 61.1 Å². The van der Waals surface area contributed by atoms with Gasteiger partial charge in [0.15, 0.2) is 6.61 Å². The van der Waals surface area contributed by atoms with Gasteiger partial charge >= 0.3 is 0 Å². The molecule has 0 heterocycles. The first-order valence-electron chi connectivity index (χ1n) is 11.1. The Kier molecular flexibility index (Phi) is 9.08. The fraction of sp³-hybridized carbons (Fsp3) is 0.179. The van der Waals surface area contributed by atoms with Gasteiger partial charge in [-0.3, -0.25) is 9.59 Å². The number of carbonyl (C=O) groups is 2. The van der Waals surface area contributed by atoms with Crippen molar-refractivity contribution in [2.45, 2.75) is 27.7 Å². The number of anilines is 2. The zero-order valence-electron chi connectivity index (χ0n) is 20.3. The number of hydrogen-bond donors (Lipinski definition) is 2. The molecule has 0 fully saturated rings. The third-order valence-electron chi connectivity index (χ3n) is 5.47. The lowest BCUT2D eigenvalue weighted by Crippen LogP contribution is -2.20. The number of amides is 2. The minimum Gasteiger partial charge on any atom is -0.481 e. The lowest BCUT2D eigenvalue weighted by molar-refractivity contribution is -0.118. The first kappa shape index (κ1) is 27.2. The van der Waals surface area contributed by atoms with E-state index in [0.717, 1.165) is 22.3 Å². The van der Waals surface area contributed by atoms with E-state index in [0.29, 0.717) is 31.6 Å². The number of benzene rings is 3. The third-order valence-corrected chi connectivity index (χ3v) is 6.64. The zero-order valence-corrected chi connectivity index (χ0v) is 23.5. The first-order valence-corrected chi connectivity index (χ1v) is 12.7. The minimum absolute atomic E-state index is 0.0461. The van der Waals surface area contributed by atoms with Gasteiger partial charge in [-0.1, -0.05) is 23.8 Å². The maximum absolute atomic E-state index is 12.7. The first-order chi connectivity index (χ1) is 17.1. The molecule has 0 aliphatic rings. The molecule has 0 spiro atoms. The van der Waals surface area contributed by atoms with Crippen molar-refractivity contribution in [3.63, 3.8) is 0 Å². The van der Waals surface area contributed by atoms with E-state index in [2.05, 4.69) is 42.5 Å². The fourth-order valence-corrected chi connectivity index (χ4v) is 4.86. The van der Waals surface area contributed by atoms with Crippen molar-refractivity contribution in [2.24, 2.45) is 0 Å². The number of carbonyl (C=O) groups excluding carboxylic acids is 2. The Morgan fingerprint density at radius 1 is 0.917 bits per heavy atom. The number of halogens is 2. The average molecular weight is 611 g/mol. The SMILES string of the molecule is Cc1ccc(NC(=O)/C(C#N)=C/c2cc(Br)c(OCC(=O)Nc3ccc(C)c(C)c3)c(Br)c2)c(C)c1. The normalized spacial score (nSPS) is 11.0. The Labute approximate surface area is 227 Å². The monoisotopic (exact) mass is 609 g/mol. The molecule has 0 radical (unpaired) electrons. The van der Waals surface area contributed by atoms with Crippen LogP contribution in [0.4, 0.5) is 11.4 Å². The molecule has 6 nitrogen and oxygen atoms in total. The molecule has 2 N–H and O–H groups in total. The van der Waals surface area contributed by atoms with E-state index in [-0.39, 0.29) is 18.1 Å². The Hall–Kier alpha value is -3.41. The molecule has 36 heavy (non-hydrogen) atoms. The van der Waals surface area contributed by atoms with Gasteiger partial charge in [0, 0.05) is 11.4 Å². The average Bonchev–Trinajstić information content (AvgIpc) is 2.81. The smallest absolute Gasteiger partial charge is 0.266 e. The summed E-state index contributed by atoms with van der Waals surface area (Å²) >= 11 is 6.90. The molecule has 0 aromatic heterocycles. The molecular formula is C28H25Br2N3O3. The van der Waals surface area contributed by atoms with Crippen LogP contribution in [0.15, 0.2) is 63.0 Å². The quantitative estimate of drug-likeness (QED) is 0.222. The van der Waals surface area contributed by atoms with Crippen LogP contribution in [-0.4, -0.2) is 18.4 Å². The molecule has 0 unspecified atom stereocenters. The van der Waals surface area contributed by atoms with E-state index in [1.54, 1.807) is 12.1 Å². The Bertz CT molecular complexity index is 1380. The zero-order chi connectivity index (χ0) is 26.4. The summed E-state index contributed by atoms with van der Waals surface area (Å²) in [5, 5.41) is 15.2. The third kappa shape index (κ3) is 7.06. The molecule has 2 amide bonds. The summed E-state index contributed by atoms with van der Waals surface area (Å²) in [6.45, 7) is 7.67. The summed E-state index contributed by atoms with van der Waals surface area (Å²) in [6.07, 6.45) is 1.49. The second-order valence-electron chi connectivity index (χ2n) is 8.39. The maximum Gasteiger partial charge on any atom is 0.266 e. The molecule has 0 bridgehead atoms. The van der Waals surface area contributed by atoms with Crippen LogP contribution in [0.5, 0.6) is 5.75 Å². The predicted molar refractivity (Wildman–Crippen MR) is 150 cm³/mol. The number of nitriles is 1. The van der Waals surface area contributed by atoms with Crippen molar-refractivity contribution < 1.29 is 14.3 Å². The molecule has 3 aromatic carbocycles. The van der Waals surface area contributed by atoms with E-state index in [9.17, 15) is 14.9 Å². The van der Waals surface area contributed by atoms with Gasteiger partial charge in [-0.2, -0.15) is 5.26 Å². The summed E-state index contributed by atoms with van der Waals surface area (Å²) < 4.78 is 6.85. The van der Waals surface area contributed by atoms with E-state index in [1.165, 1.54) is 6.08 Å². The van der Waals surface area contributed by atoms with Crippen molar-refractivity contribution in [1.29, 1.82) is 5.26 Å². The second-order valence-corrected chi connectivity index (χ2v) is 10.1. The number of aryl methyl sites for hydroxylation is 4. The number of ether oxygens (including phenoxy) is 1.